The lowest BCUT2D eigenvalue weighted by Crippen LogP contribution is -2.49. The third kappa shape index (κ3) is 7.78. The molecule has 0 bridgehead atoms. The van der Waals surface area contributed by atoms with Crippen LogP contribution < -0.4 is 20.9 Å². The third-order valence-electron chi connectivity index (χ3n) is 3.34. The van der Waals surface area contributed by atoms with Crippen molar-refractivity contribution in [3.8, 4) is 5.75 Å². The molecule has 0 fully saturated rings. The summed E-state index contributed by atoms with van der Waals surface area (Å²) in [5.74, 6) is -0.655. The lowest BCUT2D eigenvalue weighted by atomic mass is 10.2. The molecule has 0 unspecified atom stereocenters. The summed E-state index contributed by atoms with van der Waals surface area (Å²) in [6.45, 7) is -0.302. The van der Waals surface area contributed by atoms with Crippen molar-refractivity contribution in [3.05, 3.63) is 73.7 Å². The Balaban J connectivity index is 1.73. The summed E-state index contributed by atoms with van der Waals surface area (Å²) in [5, 5.41) is 13.3. The zero-order valence-corrected chi connectivity index (χ0v) is 18.2. The van der Waals surface area contributed by atoms with Crippen molar-refractivity contribution in [3.63, 3.8) is 0 Å². The number of rotatable bonds is 6. The monoisotopic (exact) mass is 512 g/mol. The molecule has 2 aromatic rings. The number of carbonyl (C=O) groups excluding carboxylic acids is 2. The zero-order valence-electron chi connectivity index (χ0n) is 15.1. The number of ether oxygens (including phenoxy) is 1. The molecule has 0 radical (unpaired) electrons. The number of nitro benzene ring substituents is 1. The molecule has 2 amide bonds. The summed E-state index contributed by atoms with van der Waals surface area (Å²) >= 11 is 14.0. The van der Waals surface area contributed by atoms with Crippen molar-refractivity contribution in [1.29, 1.82) is 0 Å². The van der Waals surface area contributed by atoms with Crippen molar-refractivity contribution < 1.29 is 19.2 Å². The first kappa shape index (κ1) is 23.3. The van der Waals surface area contributed by atoms with Gasteiger partial charge in [0.1, 0.15) is 5.75 Å². The van der Waals surface area contributed by atoms with E-state index >= 15 is 0 Å². The molecular formula is C18H14BrClN4O5S. The number of nitrogens with zero attached hydrogens (tertiary/aromatic N) is 1. The second kappa shape index (κ2) is 11.2. The van der Waals surface area contributed by atoms with Gasteiger partial charge in [0.15, 0.2) is 11.7 Å². The Hall–Kier alpha value is -3.02. The minimum absolute atomic E-state index is 0.0508. The Morgan fingerprint density at radius 3 is 2.53 bits per heavy atom. The average molecular weight is 514 g/mol. The first-order valence-corrected chi connectivity index (χ1v) is 9.72. The molecule has 3 N–H and O–H groups in total. The lowest BCUT2D eigenvalue weighted by molar-refractivity contribution is -0.384. The van der Waals surface area contributed by atoms with Gasteiger partial charge in [-0.15, -0.1) is 0 Å². The largest absolute Gasteiger partial charge is 0.483 e. The number of amides is 2. The molecule has 0 aliphatic heterocycles. The Morgan fingerprint density at radius 2 is 1.90 bits per heavy atom. The molecule has 156 valence electrons. The number of non-ortho nitro benzene ring substituents is 1. The predicted octanol–water partition coefficient (Wildman–Crippen LogP) is 3.12. The van der Waals surface area contributed by atoms with E-state index in [4.69, 9.17) is 28.6 Å². The van der Waals surface area contributed by atoms with Crippen LogP contribution in [0.2, 0.25) is 5.02 Å². The van der Waals surface area contributed by atoms with Gasteiger partial charge in [-0.3, -0.25) is 35.9 Å². The van der Waals surface area contributed by atoms with Crippen LogP contribution in [0.1, 0.15) is 5.56 Å². The second-order valence-electron chi connectivity index (χ2n) is 5.54. The van der Waals surface area contributed by atoms with Crippen LogP contribution >= 0.6 is 39.7 Å². The summed E-state index contributed by atoms with van der Waals surface area (Å²) in [6.07, 6.45) is 2.65. The van der Waals surface area contributed by atoms with Crippen molar-refractivity contribution in [2.45, 2.75) is 0 Å². The molecule has 0 spiro atoms. The summed E-state index contributed by atoms with van der Waals surface area (Å²) in [4.78, 5) is 33.7. The Bertz CT molecular complexity index is 1000. The molecule has 2 rings (SSSR count). The maximum atomic E-state index is 11.8. The fourth-order valence-electron chi connectivity index (χ4n) is 1.96. The van der Waals surface area contributed by atoms with Crippen LogP contribution in [0.3, 0.4) is 0 Å². The van der Waals surface area contributed by atoms with Crippen LogP contribution in [-0.4, -0.2) is 28.5 Å². The highest BCUT2D eigenvalue weighted by molar-refractivity contribution is 9.10. The number of hydrazine groups is 1. The molecular weight excluding hydrogens is 500 g/mol. The van der Waals surface area contributed by atoms with E-state index in [1.165, 1.54) is 36.4 Å². The molecule has 12 heteroatoms. The zero-order chi connectivity index (χ0) is 22.1. The van der Waals surface area contributed by atoms with Crippen molar-refractivity contribution in [2.24, 2.45) is 0 Å². The number of halogens is 2. The normalized spacial score (nSPS) is 10.3. The minimum atomic E-state index is -0.554. The standard InChI is InChI=1S/C18H14BrClN4O5S/c19-14-9-12(20)4-7-15(14)29-10-17(26)22-23-18(30)21-16(25)8-3-11-1-5-13(6-2-11)24(27)28/h1-9H,10H2,(H,22,26)(H2,21,23,25,30)/b8-3+. The maximum absolute atomic E-state index is 11.8. The van der Waals surface area contributed by atoms with Gasteiger partial charge in [-0.1, -0.05) is 11.6 Å². The first-order valence-electron chi connectivity index (χ1n) is 8.15. The SMILES string of the molecule is O=C(/C=C/c1ccc([N+](=O)[O-])cc1)NC(=S)NNC(=O)COc1ccc(Cl)cc1Br. The molecule has 0 saturated carbocycles. The number of hydrogen-bond donors (Lipinski definition) is 3. The van der Waals surface area contributed by atoms with E-state index < -0.39 is 16.7 Å². The van der Waals surface area contributed by atoms with Crippen molar-refractivity contribution in [1.82, 2.24) is 16.2 Å². The topological polar surface area (TPSA) is 123 Å². The highest BCUT2D eigenvalue weighted by Gasteiger charge is 2.08. The van der Waals surface area contributed by atoms with Gasteiger partial charge in [0.05, 0.1) is 9.40 Å². The van der Waals surface area contributed by atoms with Gasteiger partial charge >= 0.3 is 0 Å². The molecule has 0 saturated heterocycles. The predicted molar refractivity (Wildman–Crippen MR) is 119 cm³/mol. The smallest absolute Gasteiger partial charge is 0.276 e. The van der Waals surface area contributed by atoms with Gasteiger partial charge in [-0.25, -0.2) is 0 Å². The van der Waals surface area contributed by atoms with Gasteiger partial charge in [0.25, 0.3) is 11.6 Å². The van der Waals surface area contributed by atoms with E-state index in [9.17, 15) is 19.7 Å². The Kier molecular flexibility index (Phi) is 8.71. The number of thiocarbonyl (C=S) groups is 1. The average Bonchev–Trinajstić information content (AvgIpc) is 2.70. The van der Waals surface area contributed by atoms with E-state index in [2.05, 4.69) is 32.1 Å². The van der Waals surface area contributed by atoms with Crippen LogP contribution in [0, 0.1) is 10.1 Å². The van der Waals surface area contributed by atoms with Gasteiger partial charge in [0.2, 0.25) is 5.91 Å². The van der Waals surface area contributed by atoms with E-state index in [1.54, 1.807) is 18.2 Å². The number of hydrogen-bond acceptors (Lipinski definition) is 6. The maximum Gasteiger partial charge on any atom is 0.276 e. The fourth-order valence-corrected chi connectivity index (χ4v) is 2.91. The lowest BCUT2D eigenvalue weighted by Gasteiger charge is -2.11. The van der Waals surface area contributed by atoms with Crippen molar-refractivity contribution >= 4 is 68.4 Å². The third-order valence-corrected chi connectivity index (χ3v) is 4.39. The second-order valence-corrected chi connectivity index (χ2v) is 7.24. The van der Waals surface area contributed by atoms with Gasteiger partial charge in [0, 0.05) is 23.2 Å². The van der Waals surface area contributed by atoms with E-state index in [0.29, 0.717) is 20.8 Å². The van der Waals surface area contributed by atoms with Crippen LogP contribution in [-0.2, 0) is 9.59 Å². The van der Waals surface area contributed by atoms with Crippen LogP contribution in [0.25, 0.3) is 6.08 Å². The van der Waals surface area contributed by atoms with Gasteiger partial charge in [-0.2, -0.15) is 0 Å². The molecule has 2 aromatic carbocycles. The molecule has 0 atom stereocenters. The number of carbonyl (C=O) groups is 2. The Labute approximate surface area is 189 Å². The first-order chi connectivity index (χ1) is 14.2. The number of nitro groups is 1. The quantitative estimate of drug-likeness (QED) is 0.235. The summed E-state index contributed by atoms with van der Waals surface area (Å²) in [6, 6.07) is 10.5. The molecule has 30 heavy (non-hydrogen) atoms. The number of benzene rings is 2. The highest BCUT2D eigenvalue weighted by Crippen LogP contribution is 2.27. The van der Waals surface area contributed by atoms with Crippen LogP contribution in [0.4, 0.5) is 5.69 Å². The molecule has 0 heterocycles. The van der Waals surface area contributed by atoms with E-state index in [0.717, 1.165) is 0 Å². The summed E-state index contributed by atoms with van der Waals surface area (Å²) in [7, 11) is 0. The number of nitrogens with one attached hydrogen (secondary N) is 3. The highest BCUT2D eigenvalue weighted by atomic mass is 79.9. The van der Waals surface area contributed by atoms with Crippen LogP contribution in [0.15, 0.2) is 53.0 Å². The van der Waals surface area contributed by atoms with Crippen LogP contribution in [0.5, 0.6) is 5.75 Å². The van der Waals surface area contributed by atoms with E-state index in [1.807, 2.05) is 0 Å². The fraction of sp³-hybridized carbons (Fsp3) is 0.0556. The molecule has 9 nitrogen and oxygen atoms in total. The Morgan fingerprint density at radius 1 is 1.20 bits per heavy atom. The summed E-state index contributed by atoms with van der Waals surface area (Å²) < 4.78 is 5.93. The van der Waals surface area contributed by atoms with Gasteiger partial charge < -0.3 is 4.74 Å². The molecule has 0 aliphatic carbocycles. The van der Waals surface area contributed by atoms with E-state index in [-0.39, 0.29) is 17.4 Å². The summed E-state index contributed by atoms with van der Waals surface area (Å²) in [5.41, 5.74) is 5.19. The minimum Gasteiger partial charge on any atom is -0.483 e. The van der Waals surface area contributed by atoms with Crippen molar-refractivity contribution in [2.75, 3.05) is 6.61 Å². The van der Waals surface area contributed by atoms with Gasteiger partial charge in [-0.05, 0) is 70.1 Å². The molecule has 0 aromatic heterocycles. The molecule has 0 aliphatic rings.